The molecule has 0 aliphatic carbocycles. The smallest absolute Gasteiger partial charge is 0.349 e. The Morgan fingerprint density at radius 3 is 2.29 bits per heavy atom. The average Bonchev–Trinajstić information content (AvgIpc) is 2.42. The molecule has 2 aromatic carbocycles. The highest BCUT2D eigenvalue weighted by atomic mass is 79.9. The van der Waals surface area contributed by atoms with Crippen LogP contribution in [0.25, 0.3) is 0 Å². The Morgan fingerprint density at radius 1 is 1.14 bits per heavy atom. The van der Waals surface area contributed by atoms with E-state index in [1.807, 2.05) is 26.0 Å². The second-order valence-electron chi connectivity index (χ2n) is 4.59. The predicted octanol–water partition coefficient (Wildman–Crippen LogP) is 4.70. The van der Waals surface area contributed by atoms with E-state index < -0.39 is 5.97 Å². The van der Waals surface area contributed by atoms with Gasteiger partial charge in [-0.1, -0.05) is 27.5 Å². The number of carbonyl (C=O) groups is 1. The lowest BCUT2D eigenvalue weighted by Gasteiger charge is -2.11. The number of benzene rings is 2. The monoisotopic (exact) mass is 368 g/mol. The van der Waals surface area contributed by atoms with Gasteiger partial charge in [0.05, 0.1) is 0 Å². The van der Waals surface area contributed by atoms with Gasteiger partial charge in [-0.2, -0.15) is 0 Å². The lowest BCUT2D eigenvalue weighted by molar-refractivity contribution is -0.136. The molecule has 0 N–H and O–H groups in total. The van der Waals surface area contributed by atoms with Gasteiger partial charge in [-0.3, -0.25) is 0 Å². The SMILES string of the molecule is Cc1cc(Br)cc(C)c1OC(=O)COc1ccc(Cl)cc1. The van der Waals surface area contributed by atoms with E-state index in [2.05, 4.69) is 15.9 Å². The molecule has 110 valence electrons. The van der Waals surface area contributed by atoms with Crippen molar-refractivity contribution in [2.75, 3.05) is 6.61 Å². The third-order valence-electron chi connectivity index (χ3n) is 2.81. The van der Waals surface area contributed by atoms with Gasteiger partial charge in [-0.25, -0.2) is 4.79 Å². The highest BCUT2D eigenvalue weighted by Crippen LogP contribution is 2.27. The highest BCUT2D eigenvalue weighted by molar-refractivity contribution is 9.10. The molecule has 0 aliphatic heterocycles. The van der Waals surface area contributed by atoms with E-state index in [4.69, 9.17) is 21.1 Å². The van der Waals surface area contributed by atoms with E-state index in [1.165, 1.54) is 0 Å². The molecule has 0 aliphatic rings. The summed E-state index contributed by atoms with van der Waals surface area (Å²) < 4.78 is 11.7. The van der Waals surface area contributed by atoms with Crippen LogP contribution in [0, 0.1) is 13.8 Å². The van der Waals surface area contributed by atoms with Gasteiger partial charge in [-0.05, 0) is 61.4 Å². The minimum absolute atomic E-state index is 0.156. The average molecular weight is 370 g/mol. The van der Waals surface area contributed by atoms with E-state index in [1.54, 1.807) is 24.3 Å². The third-order valence-corrected chi connectivity index (χ3v) is 3.52. The fraction of sp³-hybridized carbons (Fsp3) is 0.188. The predicted molar refractivity (Wildman–Crippen MR) is 86.2 cm³/mol. The van der Waals surface area contributed by atoms with Crippen molar-refractivity contribution >= 4 is 33.5 Å². The van der Waals surface area contributed by atoms with E-state index >= 15 is 0 Å². The quantitative estimate of drug-likeness (QED) is 0.578. The van der Waals surface area contributed by atoms with Crippen LogP contribution in [0.1, 0.15) is 11.1 Å². The van der Waals surface area contributed by atoms with Crippen LogP contribution < -0.4 is 9.47 Å². The minimum atomic E-state index is -0.446. The molecule has 0 amide bonds. The van der Waals surface area contributed by atoms with Crippen LogP contribution in [0.2, 0.25) is 5.02 Å². The van der Waals surface area contributed by atoms with Crippen molar-refractivity contribution in [1.82, 2.24) is 0 Å². The van der Waals surface area contributed by atoms with Crippen LogP contribution in [0.4, 0.5) is 0 Å². The van der Waals surface area contributed by atoms with E-state index in [0.29, 0.717) is 16.5 Å². The van der Waals surface area contributed by atoms with Crippen LogP contribution in [-0.4, -0.2) is 12.6 Å². The summed E-state index contributed by atoms with van der Waals surface area (Å²) in [5.74, 6) is 0.696. The van der Waals surface area contributed by atoms with Gasteiger partial charge < -0.3 is 9.47 Å². The van der Waals surface area contributed by atoms with Crippen LogP contribution >= 0.6 is 27.5 Å². The highest BCUT2D eigenvalue weighted by Gasteiger charge is 2.11. The Balaban J connectivity index is 1.97. The molecule has 5 heteroatoms. The van der Waals surface area contributed by atoms with Gasteiger partial charge in [-0.15, -0.1) is 0 Å². The first kappa shape index (κ1) is 15.9. The molecule has 0 saturated carbocycles. The summed E-state index contributed by atoms with van der Waals surface area (Å²) in [6.45, 7) is 3.62. The molecule has 0 aromatic heterocycles. The molecular formula is C16H14BrClO3. The summed E-state index contributed by atoms with van der Waals surface area (Å²) in [4.78, 5) is 11.9. The molecular weight excluding hydrogens is 356 g/mol. The van der Waals surface area contributed by atoms with Crippen LogP contribution in [-0.2, 0) is 4.79 Å². The van der Waals surface area contributed by atoms with Crippen LogP contribution in [0.15, 0.2) is 40.9 Å². The van der Waals surface area contributed by atoms with Gasteiger partial charge in [0.1, 0.15) is 11.5 Å². The second-order valence-corrected chi connectivity index (χ2v) is 5.94. The first-order valence-corrected chi connectivity index (χ1v) is 7.48. The third kappa shape index (κ3) is 4.48. The zero-order chi connectivity index (χ0) is 15.4. The largest absolute Gasteiger partial charge is 0.482 e. The Hall–Kier alpha value is -1.52. The van der Waals surface area contributed by atoms with E-state index in [9.17, 15) is 4.79 Å². The maximum absolute atomic E-state index is 11.9. The second kappa shape index (κ2) is 6.96. The summed E-state index contributed by atoms with van der Waals surface area (Å²) in [5.41, 5.74) is 1.78. The summed E-state index contributed by atoms with van der Waals surface area (Å²) >= 11 is 9.18. The van der Waals surface area contributed by atoms with Crippen molar-refractivity contribution in [3.63, 3.8) is 0 Å². The van der Waals surface area contributed by atoms with Crippen molar-refractivity contribution in [2.24, 2.45) is 0 Å². The fourth-order valence-electron chi connectivity index (χ4n) is 1.87. The standard InChI is InChI=1S/C16H14BrClO3/c1-10-7-12(17)8-11(2)16(10)21-15(19)9-20-14-5-3-13(18)4-6-14/h3-8H,9H2,1-2H3. The van der Waals surface area contributed by atoms with Gasteiger partial charge in [0.25, 0.3) is 0 Å². The zero-order valence-corrected chi connectivity index (χ0v) is 14.0. The first-order chi connectivity index (χ1) is 9.95. The summed E-state index contributed by atoms with van der Waals surface area (Å²) in [7, 11) is 0. The molecule has 0 saturated heterocycles. The Kier molecular flexibility index (Phi) is 5.26. The number of carbonyl (C=O) groups excluding carboxylic acids is 1. The molecule has 2 rings (SSSR count). The van der Waals surface area contributed by atoms with E-state index in [-0.39, 0.29) is 6.61 Å². The molecule has 0 unspecified atom stereocenters. The summed E-state index contributed by atoms with van der Waals surface area (Å²) in [5, 5.41) is 0.617. The lowest BCUT2D eigenvalue weighted by atomic mass is 10.1. The Labute approximate surface area is 137 Å². The summed E-state index contributed by atoms with van der Waals surface area (Å²) in [6, 6.07) is 10.6. The normalized spacial score (nSPS) is 10.3. The Morgan fingerprint density at radius 2 is 1.71 bits per heavy atom. The number of aryl methyl sites for hydroxylation is 2. The van der Waals surface area contributed by atoms with E-state index in [0.717, 1.165) is 15.6 Å². The molecule has 0 fully saturated rings. The molecule has 0 radical (unpaired) electrons. The fourth-order valence-corrected chi connectivity index (χ4v) is 2.69. The maximum atomic E-state index is 11.9. The topological polar surface area (TPSA) is 35.5 Å². The molecule has 3 nitrogen and oxygen atoms in total. The van der Waals surface area contributed by atoms with Crippen LogP contribution in [0.5, 0.6) is 11.5 Å². The number of hydrogen-bond donors (Lipinski definition) is 0. The molecule has 0 bridgehead atoms. The van der Waals surface area contributed by atoms with Gasteiger partial charge in [0.2, 0.25) is 0 Å². The number of hydrogen-bond acceptors (Lipinski definition) is 3. The van der Waals surface area contributed by atoms with Gasteiger partial charge in [0.15, 0.2) is 6.61 Å². The minimum Gasteiger partial charge on any atom is -0.482 e. The molecule has 0 heterocycles. The van der Waals surface area contributed by atoms with Crippen molar-refractivity contribution in [1.29, 1.82) is 0 Å². The number of ether oxygens (including phenoxy) is 2. The van der Waals surface area contributed by atoms with Crippen LogP contribution in [0.3, 0.4) is 0 Å². The number of esters is 1. The zero-order valence-electron chi connectivity index (χ0n) is 11.7. The number of halogens is 2. The van der Waals surface area contributed by atoms with Crippen molar-refractivity contribution < 1.29 is 14.3 Å². The maximum Gasteiger partial charge on any atom is 0.349 e. The molecule has 21 heavy (non-hydrogen) atoms. The lowest BCUT2D eigenvalue weighted by Crippen LogP contribution is -2.18. The van der Waals surface area contributed by atoms with Crippen molar-refractivity contribution in [3.05, 3.63) is 57.0 Å². The molecule has 0 atom stereocenters. The molecule has 2 aromatic rings. The summed E-state index contributed by atoms with van der Waals surface area (Å²) in [6.07, 6.45) is 0. The first-order valence-electron chi connectivity index (χ1n) is 6.31. The number of rotatable bonds is 4. The van der Waals surface area contributed by atoms with Crippen molar-refractivity contribution in [3.8, 4) is 11.5 Å². The Bertz CT molecular complexity index is 630. The van der Waals surface area contributed by atoms with Gasteiger partial charge in [0, 0.05) is 9.50 Å². The van der Waals surface area contributed by atoms with Crippen molar-refractivity contribution in [2.45, 2.75) is 13.8 Å². The van der Waals surface area contributed by atoms with Gasteiger partial charge >= 0.3 is 5.97 Å². The molecule has 0 spiro atoms.